The third-order valence-corrected chi connectivity index (χ3v) is 5.76. The van der Waals surface area contributed by atoms with Crippen molar-refractivity contribution < 1.29 is 14.3 Å². The van der Waals surface area contributed by atoms with Crippen LogP contribution in [0, 0.1) is 5.92 Å². The van der Waals surface area contributed by atoms with Gasteiger partial charge in [-0.1, -0.05) is 62.4 Å². The average molecular weight is 424 g/mol. The van der Waals surface area contributed by atoms with E-state index in [1.54, 1.807) is 4.90 Å². The molecule has 6 nitrogen and oxygen atoms in total. The molecule has 2 amide bonds. The molecule has 1 unspecified atom stereocenters. The first kappa shape index (κ1) is 23.0. The van der Waals surface area contributed by atoms with Gasteiger partial charge in [0.2, 0.25) is 11.8 Å². The summed E-state index contributed by atoms with van der Waals surface area (Å²) in [6, 6.07) is 16.4. The van der Waals surface area contributed by atoms with Gasteiger partial charge in [0.15, 0.2) is 0 Å². The number of hydrogen-bond acceptors (Lipinski definition) is 4. The SMILES string of the molecule is CC(C)C(N)C(=O)N(C[C@@H](C)OCc1ccccc1)[C@@H]1CCc2ccccc2NC1=O. The number of rotatable bonds is 8. The molecule has 1 aliphatic heterocycles. The predicted octanol–water partition coefficient (Wildman–Crippen LogP) is 3.36. The largest absolute Gasteiger partial charge is 0.372 e. The summed E-state index contributed by atoms with van der Waals surface area (Å²) in [4.78, 5) is 28.0. The molecular weight excluding hydrogens is 390 g/mol. The molecule has 2 aromatic carbocycles. The molecule has 2 aromatic rings. The molecule has 1 aliphatic rings. The first-order chi connectivity index (χ1) is 14.9. The van der Waals surface area contributed by atoms with Gasteiger partial charge in [-0.3, -0.25) is 9.59 Å². The Balaban J connectivity index is 1.76. The molecule has 3 atom stereocenters. The van der Waals surface area contributed by atoms with Gasteiger partial charge in [0, 0.05) is 12.2 Å². The van der Waals surface area contributed by atoms with Crippen LogP contribution >= 0.6 is 0 Å². The smallest absolute Gasteiger partial charge is 0.247 e. The van der Waals surface area contributed by atoms with Crippen LogP contribution in [0.3, 0.4) is 0 Å². The van der Waals surface area contributed by atoms with Crippen molar-refractivity contribution >= 4 is 17.5 Å². The number of amides is 2. The molecule has 0 saturated heterocycles. The number of ether oxygens (including phenoxy) is 1. The van der Waals surface area contributed by atoms with Crippen molar-refractivity contribution in [3.8, 4) is 0 Å². The number of nitrogens with one attached hydrogen (secondary N) is 1. The maximum atomic E-state index is 13.3. The molecular formula is C25H33N3O3. The highest BCUT2D eigenvalue weighted by molar-refractivity contribution is 5.99. The molecule has 31 heavy (non-hydrogen) atoms. The highest BCUT2D eigenvalue weighted by Gasteiger charge is 2.35. The molecule has 0 saturated carbocycles. The second-order valence-electron chi connectivity index (χ2n) is 8.57. The fourth-order valence-electron chi connectivity index (χ4n) is 3.79. The normalized spacial score (nSPS) is 18.0. The summed E-state index contributed by atoms with van der Waals surface area (Å²) in [6.45, 7) is 6.51. The third kappa shape index (κ3) is 5.93. The van der Waals surface area contributed by atoms with Crippen LogP contribution in [0.15, 0.2) is 54.6 Å². The predicted molar refractivity (Wildman–Crippen MR) is 122 cm³/mol. The van der Waals surface area contributed by atoms with Crippen LogP contribution in [-0.2, 0) is 27.4 Å². The van der Waals surface area contributed by atoms with Gasteiger partial charge < -0.3 is 20.7 Å². The van der Waals surface area contributed by atoms with Crippen LogP contribution in [0.2, 0.25) is 0 Å². The summed E-state index contributed by atoms with van der Waals surface area (Å²) in [5, 5.41) is 2.99. The Hall–Kier alpha value is -2.70. The zero-order valence-electron chi connectivity index (χ0n) is 18.6. The number of nitrogens with zero attached hydrogens (tertiary/aromatic N) is 1. The second kappa shape index (κ2) is 10.6. The zero-order valence-corrected chi connectivity index (χ0v) is 18.6. The van der Waals surface area contributed by atoms with E-state index in [2.05, 4.69) is 5.32 Å². The van der Waals surface area contributed by atoms with Gasteiger partial charge in [-0.2, -0.15) is 0 Å². The van der Waals surface area contributed by atoms with Crippen LogP contribution in [0.5, 0.6) is 0 Å². The fourth-order valence-corrected chi connectivity index (χ4v) is 3.79. The van der Waals surface area contributed by atoms with Gasteiger partial charge in [-0.15, -0.1) is 0 Å². The molecule has 0 aliphatic carbocycles. The van der Waals surface area contributed by atoms with Gasteiger partial charge in [0.05, 0.1) is 18.8 Å². The van der Waals surface area contributed by atoms with Crippen molar-refractivity contribution in [1.82, 2.24) is 4.90 Å². The van der Waals surface area contributed by atoms with Gasteiger partial charge in [0.1, 0.15) is 6.04 Å². The molecule has 0 spiro atoms. The second-order valence-corrected chi connectivity index (χ2v) is 8.57. The summed E-state index contributed by atoms with van der Waals surface area (Å²) in [5.41, 5.74) is 9.16. The average Bonchev–Trinajstić information content (AvgIpc) is 2.94. The molecule has 0 fully saturated rings. The summed E-state index contributed by atoms with van der Waals surface area (Å²) >= 11 is 0. The summed E-state index contributed by atoms with van der Waals surface area (Å²) in [7, 11) is 0. The van der Waals surface area contributed by atoms with E-state index < -0.39 is 12.1 Å². The highest BCUT2D eigenvalue weighted by atomic mass is 16.5. The summed E-state index contributed by atoms with van der Waals surface area (Å²) in [5.74, 6) is -0.414. The molecule has 3 N–H and O–H groups in total. The number of nitrogens with two attached hydrogens (primary N) is 1. The van der Waals surface area contributed by atoms with Crippen molar-refractivity contribution in [2.24, 2.45) is 11.7 Å². The summed E-state index contributed by atoms with van der Waals surface area (Å²) in [6.07, 6.45) is 1.01. The number of carbonyl (C=O) groups is 2. The van der Waals surface area contributed by atoms with Crippen LogP contribution in [0.25, 0.3) is 0 Å². The van der Waals surface area contributed by atoms with E-state index in [1.807, 2.05) is 75.4 Å². The van der Waals surface area contributed by atoms with Gasteiger partial charge in [0.25, 0.3) is 0 Å². The molecule has 1 heterocycles. The lowest BCUT2D eigenvalue weighted by molar-refractivity contribution is -0.143. The highest BCUT2D eigenvalue weighted by Crippen LogP contribution is 2.25. The lowest BCUT2D eigenvalue weighted by Crippen LogP contribution is -2.56. The van der Waals surface area contributed by atoms with Crippen molar-refractivity contribution in [1.29, 1.82) is 0 Å². The Kier molecular flexibility index (Phi) is 7.82. The van der Waals surface area contributed by atoms with Gasteiger partial charge >= 0.3 is 0 Å². The van der Waals surface area contributed by atoms with E-state index in [9.17, 15) is 9.59 Å². The molecule has 166 valence electrons. The van der Waals surface area contributed by atoms with Crippen LogP contribution in [0.1, 0.15) is 38.3 Å². The number of benzene rings is 2. The molecule has 0 bridgehead atoms. The van der Waals surface area contributed by atoms with Crippen LogP contribution in [0.4, 0.5) is 5.69 Å². The van der Waals surface area contributed by atoms with E-state index >= 15 is 0 Å². The van der Waals surface area contributed by atoms with E-state index in [0.717, 1.165) is 16.8 Å². The monoisotopic (exact) mass is 423 g/mol. The standard InChI is InChI=1S/C25H33N3O3/c1-17(2)23(26)25(30)28(15-18(3)31-16-19-9-5-4-6-10-19)22-14-13-20-11-7-8-12-21(20)27-24(22)29/h4-12,17-18,22-23H,13-16,26H2,1-3H3,(H,27,29)/t18-,22-,23?/m1/s1. The van der Waals surface area contributed by atoms with Gasteiger partial charge in [-0.25, -0.2) is 0 Å². The molecule has 0 radical (unpaired) electrons. The Bertz CT molecular complexity index is 885. The maximum Gasteiger partial charge on any atom is 0.247 e. The number of anilines is 1. The molecule has 3 rings (SSSR count). The minimum absolute atomic E-state index is 0.0263. The zero-order chi connectivity index (χ0) is 22.4. The van der Waals surface area contributed by atoms with E-state index in [4.69, 9.17) is 10.5 Å². The van der Waals surface area contributed by atoms with Crippen molar-refractivity contribution in [3.05, 3.63) is 65.7 Å². The topological polar surface area (TPSA) is 84.7 Å². The third-order valence-electron chi connectivity index (χ3n) is 5.76. The molecule has 6 heteroatoms. The van der Waals surface area contributed by atoms with E-state index in [-0.39, 0.29) is 23.8 Å². The maximum absolute atomic E-state index is 13.3. The van der Waals surface area contributed by atoms with Crippen LogP contribution < -0.4 is 11.1 Å². The Morgan fingerprint density at radius 1 is 1.13 bits per heavy atom. The van der Waals surface area contributed by atoms with Crippen molar-refractivity contribution in [2.45, 2.75) is 58.4 Å². The van der Waals surface area contributed by atoms with E-state index in [0.29, 0.717) is 26.0 Å². The van der Waals surface area contributed by atoms with Crippen LogP contribution in [-0.4, -0.2) is 41.4 Å². The first-order valence-electron chi connectivity index (χ1n) is 11.0. The lowest BCUT2D eigenvalue weighted by atomic mass is 10.00. The minimum atomic E-state index is -0.667. The quantitative estimate of drug-likeness (QED) is 0.682. The lowest BCUT2D eigenvalue weighted by Gasteiger charge is -2.34. The number of carbonyl (C=O) groups excluding carboxylic acids is 2. The minimum Gasteiger partial charge on any atom is -0.372 e. The molecule has 0 aromatic heterocycles. The van der Waals surface area contributed by atoms with E-state index in [1.165, 1.54) is 0 Å². The number of hydrogen-bond donors (Lipinski definition) is 2. The van der Waals surface area contributed by atoms with Gasteiger partial charge in [-0.05, 0) is 42.9 Å². The number of aryl methyl sites for hydroxylation is 1. The first-order valence-corrected chi connectivity index (χ1v) is 11.0. The number of fused-ring (bicyclic) bond motifs is 1. The Morgan fingerprint density at radius 2 is 1.81 bits per heavy atom. The van der Waals surface area contributed by atoms with Crippen molar-refractivity contribution in [2.75, 3.05) is 11.9 Å². The van der Waals surface area contributed by atoms with Crippen molar-refractivity contribution in [3.63, 3.8) is 0 Å². The summed E-state index contributed by atoms with van der Waals surface area (Å²) < 4.78 is 6.00. The fraction of sp³-hybridized carbons (Fsp3) is 0.440. The number of para-hydroxylation sites is 1. The Morgan fingerprint density at radius 3 is 2.52 bits per heavy atom. The Labute approximate surface area is 184 Å².